The highest BCUT2D eigenvalue weighted by molar-refractivity contribution is 7.52. The van der Waals surface area contributed by atoms with Crippen LogP contribution in [0.3, 0.4) is 0 Å². The smallest absolute Gasteiger partial charge is 0.324 e. The Kier molecular flexibility index (Phi) is 14.6. The van der Waals surface area contributed by atoms with Crippen LogP contribution in [0.25, 0.3) is 0 Å². The van der Waals surface area contributed by atoms with Crippen molar-refractivity contribution in [3.63, 3.8) is 0 Å². The Hall–Kier alpha value is -1.46. The average Bonchev–Trinajstić information content (AvgIpc) is 2.57. The first-order chi connectivity index (χ1) is 13.5. The van der Waals surface area contributed by atoms with Gasteiger partial charge in [-0.2, -0.15) is 0 Å². The van der Waals surface area contributed by atoms with Gasteiger partial charge in [0.2, 0.25) is 0 Å². The second kappa shape index (κ2) is 15.4. The first-order valence-electron chi connectivity index (χ1n) is 10.0. The van der Waals surface area contributed by atoms with E-state index < -0.39 is 19.7 Å². The van der Waals surface area contributed by atoms with Gasteiger partial charge in [0.05, 0.1) is 6.61 Å². The maximum atomic E-state index is 11.2. The van der Waals surface area contributed by atoms with E-state index >= 15 is 0 Å². The van der Waals surface area contributed by atoms with Gasteiger partial charge in [-0.3, -0.25) is 14.2 Å². The molecule has 0 aromatic carbocycles. The van der Waals surface area contributed by atoms with Gasteiger partial charge in [-0.15, -0.1) is 0 Å². The van der Waals surface area contributed by atoms with Crippen molar-refractivity contribution in [2.75, 3.05) is 12.8 Å². The van der Waals surface area contributed by atoms with E-state index in [1.807, 2.05) is 18.5 Å². The summed E-state index contributed by atoms with van der Waals surface area (Å²) >= 11 is 0. The number of hydroxylamine groups is 1. The minimum Gasteiger partial charge on any atom is -0.324 e. The molecule has 1 amide bonds. The van der Waals surface area contributed by atoms with Crippen molar-refractivity contribution in [1.29, 1.82) is 0 Å². The Balaban J connectivity index is 4.02. The zero-order chi connectivity index (χ0) is 22.3. The number of amides is 1. The Morgan fingerprint density at radius 1 is 0.828 bits per heavy atom. The van der Waals surface area contributed by atoms with E-state index in [-0.39, 0.29) is 6.61 Å². The quantitative estimate of drug-likeness (QED) is 0.150. The van der Waals surface area contributed by atoms with Crippen LogP contribution in [0.4, 0.5) is 0 Å². The molecule has 0 aliphatic rings. The lowest BCUT2D eigenvalue weighted by molar-refractivity contribution is -0.130. The highest BCUT2D eigenvalue weighted by atomic mass is 31.2. The van der Waals surface area contributed by atoms with E-state index in [1.54, 1.807) is 0 Å². The van der Waals surface area contributed by atoms with E-state index in [4.69, 9.17) is 14.6 Å². The Bertz CT molecular complexity index is 667. The predicted molar refractivity (Wildman–Crippen MR) is 119 cm³/mol. The van der Waals surface area contributed by atoms with Gasteiger partial charge in [0, 0.05) is 0 Å². The van der Waals surface area contributed by atoms with Crippen molar-refractivity contribution in [3.8, 4) is 0 Å². The maximum absolute atomic E-state index is 11.2. The van der Waals surface area contributed by atoms with Gasteiger partial charge in [-0.1, -0.05) is 46.6 Å². The summed E-state index contributed by atoms with van der Waals surface area (Å²) in [5.74, 6) is -0.829. The fourth-order valence-corrected chi connectivity index (χ4v) is 2.95. The number of allylic oxidation sites excluding steroid dienone is 7. The fourth-order valence-electron chi connectivity index (χ4n) is 2.51. The summed E-state index contributed by atoms with van der Waals surface area (Å²) in [6, 6.07) is 0. The molecule has 0 spiro atoms. The topological polar surface area (TPSA) is 95.9 Å². The molecule has 0 bridgehead atoms. The summed E-state index contributed by atoms with van der Waals surface area (Å²) in [5.41, 5.74) is 7.36. The van der Waals surface area contributed by atoms with Crippen molar-refractivity contribution in [1.82, 2.24) is 5.48 Å². The molecule has 6 nitrogen and oxygen atoms in total. The monoisotopic (exact) mass is 427 g/mol. The van der Waals surface area contributed by atoms with Crippen LogP contribution in [0.5, 0.6) is 0 Å². The Morgan fingerprint density at radius 3 is 1.72 bits per heavy atom. The largest absolute Gasteiger partial charge is 0.334 e. The molecule has 166 valence electrons. The Morgan fingerprint density at radius 2 is 1.28 bits per heavy atom. The molecule has 3 N–H and O–H groups in total. The van der Waals surface area contributed by atoms with Crippen LogP contribution in [-0.4, -0.2) is 28.5 Å². The summed E-state index contributed by atoms with van der Waals surface area (Å²) in [7, 11) is -4.36. The normalized spacial score (nSPS) is 13.4. The van der Waals surface area contributed by atoms with Crippen LogP contribution in [0, 0.1) is 0 Å². The van der Waals surface area contributed by atoms with E-state index in [1.165, 1.54) is 16.7 Å². The number of rotatable bonds is 14. The molecule has 0 aromatic heterocycles. The zero-order valence-electron chi connectivity index (χ0n) is 18.5. The maximum Gasteiger partial charge on any atom is 0.334 e. The van der Waals surface area contributed by atoms with Crippen molar-refractivity contribution >= 4 is 13.5 Å². The van der Waals surface area contributed by atoms with Gasteiger partial charge in [0.25, 0.3) is 5.91 Å². The van der Waals surface area contributed by atoms with Gasteiger partial charge >= 0.3 is 7.60 Å². The standard InChI is InChI=1S/C22H38NO5P/c1-18(2)9-6-10-19(3)11-7-12-20(4)13-8-14-21(5)15-16-28-23-22(24)17-29(25,26)27/h9,11,13,15H,6-8,10,12,14,16-17H2,1-5H3,(H,23,24)(H2,25,26,27). The summed E-state index contributed by atoms with van der Waals surface area (Å²) in [6.45, 7) is 10.8. The van der Waals surface area contributed by atoms with Crippen LogP contribution >= 0.6 is 7.60 Å². The molecule has 0 radical (unpaired) electrons. The van der Waals surface area contributed by atoms with Crippen molar-refractivity contribution < 1.29 is 24.0 Å². The first kappa shape index (κ1) is 27.5. The lowest BCUT2D eigenvalue weighted by Gasteiger charge is -2.06. The molecule has 0 aromatic rings. The van der Waals surface area contributed by atoms with E-state index in [9.17, 15) is 9.36 Å². The van der Waals surface area contributed by atoms with Crippen molar-refractivity contribution in [3.05, 3.63) is 46.6 Å². The molecule has 0 saturated heterocycles. The summed E-state index contributed by atoms with van der Waals surface area (Å²) in [6.07, 6.45) is 14.1. The lowest BCUT2D eigenvalue weighted by Crippen LogP contribution is -2.26. The molecule has 0 aliphatic carbocycles. The lowest BCUT2D eigenvalue weighted by atomic mass is 10.0. The Labute approximate surface area is 175 Å². The number of hydrogen-bond acceptors (Lipinski definition) is 3. The number of hydrogen-bond donors (Lipinski definition) is 3. The van der Waals surface area contributed by atoms with Gasteiger partial charge in [0.15, 0.2) is 0 Å². The molecule has 29 heavy (non-hydrogen) atoms. The molecule has 7 heteroatoms. The number of nitrogens with one attached hydrogen (secondary N) is 1. The molecule has 0 rings (SSSR count). The van der Waals surface area contributed by atoms with Crippen LogP contribution in [0.1, 0.15) is 73.1 Å². The molecule has 0 unspecified atom stereocenters. The highest BCUT2D eigenvalue weighted by Crippen LogP contribution is 2.33. The van der Waals surface area contributed by atoms with Gasteiger partial charge in [0.1, 0.15) is 6.16 Å². The molecule has 0 heterocycles. The van der Waals surface area contributed by atoms with Crippen LogP contribution < -0.4 is 5.48 Å². The molecule has 0 fully saturated rings. The van der Waals surface area contributed by atoms with Crippen LogP contribution in [0.2, 0.25) is 0 Å². The molecule has 0 atom stereocenters. The summed E-state index contributed by atoms with van der Waals surface area (Å²) < 4.78 is 10.7. The van der Waals surface area contributed by atoms with Crippen molar-refractivity contribution in [2.45, 2.75) is 73.1 Å². The SMILES string of the molecule is CC(C)=CCCC(C)=CCCC(C)=CCCC(C)=CCONC(=O)CP(=O)(O)O. The van der Waals surface area contributed by atoms with Crippen LogP contribution in [0.15, 0.2) is 46.6 Å². The zero-order valence-corrected chi connectivity index (χ0v) is 19.4. The molecular weight excluding hydrogens is 389 g/mol. The van der Waals surface area contributed by atoms with E-state index in [2.05, 4.69) is 45.9 Å². The third-order valence-corrected chi connectivity index (χ3v) is 4.90. The second-order valence-corrected chi connectivity index (χ2v) is 9.35. The minimum atomic E-state index is -4.36. The number of carbonyl (C=O) groups is 1. The molecule has 0 saturated carbocycles. The van der Waals surface area contributed by atoms with Crippen molar-refractivity contribution in [2.24, 2.45) is 0 Å². The molecule has 0 aliphatic heterocycles. The third-order valence-electron chi connectivity index (χ3n) is 4.20. The van der Waals surface area contributed by atoms with Gasteiger partial charge in [-0.05, 0) is 73.1 Å². The van der Waals surface area contributed by atoms with E-state index in [0.717, 1.165) is 44.1 Å². The number of carbonyl (C=O) groups excluding carboxylic acids is 1. The average molecular weight is 428 g/mol. The predicted octanol–water partition coefficient (Wildman–Crippen LogP) is 5.36. The summed E-state index contributed by atoms with van der Waals surface area (Å²) in [4.78, 5) is 33.5. The van der Waals surface area contributed by atoms with E-state index in [0.29, 0.717) is 0 Å². The fraction of sp³-hybridized carbons (Fsp3) is 0.591. The summed E-state index contributed by atoms with van der Waals surface area (Å²) in [5, 5.41) is 0. The third kappa shape index (κ3) is 19.6. The van der Waals surface area contributed by atoms with Crippen LogP contribution in [-0.2, 0) is 14.2 Å². The second-order valence-electron chi connectivity index (χ2n) is 7.71. The first-order valence-corrected chi connectivity index (χ1v) is 11.8. The molecular formula is C22H38NO5P. The van der Waals surface area contributed by atoms with Gasteiger partial charge < -0.3 is 9.79 Å². The highest BCUT2D eigenvalue weighted by Gasteiger charge is 2.18. The van der Waals surface area contributed by atoms with Gasteiger partial charge in [-0.25, -0.2) is 5.48 Å². The minimum absolute atomic E-state index is 0.165.